The van der Waals surface area contributed by atoms with E-state index in [0.717, 1.165) is 18.0 Å². The van der Waals surface area contributed by atoms with E-state index in [2.05, 4.69) is 10.3 Å². The van der Waals surface area contributed by atoms with Gasteiger partial charge in [0.05, 0.1) is 0 Å². The highest BCUT2D eigenvalue weighted by atomic mass is 16.2. The molecule has 3 rings (SSSR count). The number of anilines is 1. The van der Waals surface area contributed by atoms with Gasteiger partial charge in [-0.25, -0.2) is 4.98 Å². The van der Waals surface area contributed by atoms with Crippen LogP contribution in [0.4, 0.5) is 5.82 Å². The van der Waals surface area contributed by atoms with Crippen LogP contribution in [0.25, 0.3) is 0 Å². The molecule has 2 saturated carbocycles. The quantitative estimate of drug-likeness (QED) is 0.848. The SMILES string of the molecule is Cc1cccc(NC(=O)[C@H]2C[C@H]3CC[C@H]2C3)n1. The number of hydrogen-bond donors (Lipinski definition) is 1. The molecular weight excluding hydrogens is 212 g/mol. The lowest BCUT2D eigenvalue weighted by Crippen LogP contribution is -2.27. The van der Waals surface area contributed by atoms with Crippen molar-refractivity contribution in [3.63, 3.8) is 0 Å². The van der Waals surface area contributed by atoms with Gasteiger partial charge in [-0.2, -0.15) is 0 Å². The average molecular weight is 230 g/mol. The number of carbonyl (C=O) groups excluding carboxylic acids is 1. The number of nitrogens with one attached hydrogen (secondary N) is 1. The number of amides is 1. The average Bonchev–Trinajstić information content (AvgIpc) is 2.90. The summed E-state index contributed by atoms with van der Waals surface area (Å²) in [5, 5.41) is 2.96. The summed E-state index contributed by atoms with van der Waals surface area (Å²) in [4.78, 5) is 16.5. The van der Waals surface area contributed by atoms with Crippen molar-refractivity contribution in [2.45, 2.75) is 32.6 Å². The van der Waals surface area contributed by atoms with Crippen molar-refractivity contribution in [3.8, 4) is 0 Å². The number of aromatic nitrogens is 1. The van der Waals surface area contributed by atoms with E-state index < -0.39 is 0 Å². The number of hydrogen-bond acceptors (Lipinski definition) is 2. The molecule has 3 heteroatoms. The van der Waals surface area contributed by atoms with Crippen LogP contribution in [0.1, 0.15) is 31.4 Å². The molecule has 1 amide bonds. The van der Waals surface area contributed by atoms with Gasteiger partial charge in [-0.15, -0.1) is 0 Å². The fourth-order valence-electron chi connectivity index (χ4n) is 3.40. The Morgan fingerprint density at radius 2 is 2.24 bits per heavy atom. The van der Waals surface area contributed by atoms with Crippen molar-refractivity contribution in [2.24, 2.45) is 17.8 Å². The van der Waals surface area contributed by atoms with Crippen LogP contribution in [0, 0.1) is 24.7 Å². The van der Waals surface area contributed by atoms with Gasteiger partial charge >= 0.3 is 0 Å². The van der Waals surface area contributed by atoms with Crippen molar-refractivity contribution in [3.05, 3.63) is 23.9 Å². The van der Waals surface area contributed by atoms with E-state index in [1.54, 1.807) is 0 Å². The lowest BCUT2D eigenvalue weighted by atomic mass is 9.88. The summed E-state index contributed by atoms with van der Waals surface area (Å²) < 4.78 is 0. The van der Waals surface area contributed by atoms with Crippen molar-refractivity contribution >= 4 is 11.7 Å². The van der Waals surface area contributed by atoms with Crippen molar-refractivity contribution < 1.29 is 4.79 Å². The Morgan fingerprint density at radius 3 is 2.88 bits per heavy atom. The largest absolute Gasteiger partial charge is 0.310 e. The molecule has 2 fully saturated rings. The Labute approximate surface area is 102 Å². The Kier molecular flexibility index (Phi) is 2.61. The molecule has 3 atom stereocenters. The van der Waals surface area contributed by atoms with Crippen LogP contribution in [0.15, 0.2) is 18.2 Å². The zero-order valence-corrected chi connectivity index (χ0v) is 10.1. The fourth-order valence-corrected chi connectivity index (χ4v) is 3.40. The summed E-state index contributed by atoms with van der Waals surface area (Å²) in [6, 6.07) is 5.73. The number of fused-ring (bicyclic) bond motifs is 2. The molecule has 1 aromatic rings. The minimum atomic E-state index is 0.176. The van der Waals surface area contributed by atoms with Gasteiger partial charge in [0, 0.05) is 11.6 Å². The van der Waals surface area contributed by atoms with Crippen molar-refractivity contribution in [2.75, 3.05) is 5.32 Å². The lowest BCUT2D eigenvalue weighted by molar-refractivity contribution is -0.121. The van der Waals surface area contributed by atoms with Gasteiger partial charge in [-0.3, -0.25) is 4.79 Å². The molecule has 0 spiro atoms. The van der Waals surface area contributed by atoms with Gasteiger partial charge in [0.2, 0.25) is 5.91 Å². The highest BCUT2D eigenvalue weighted by Gasteiger charge is 2.43. The topological polar surface area (TPSA) is 42.0 Å². The van der Waals surface area contributed by atoms with Crippen LogP contribution in [-0.4, -0.2) is 10.9 Å². The van der Waals surface area contributed by atoms with Crippen LogP contribution in [0.3, 0.4) is 0 Å². The molecule has 90 valence electrons. The minimum Gasteiger partial charge on any atom is -0.310 e. The monoisotopic (exact) mass is 230 g/mol. The van der Waals surface area contributed by atoms with Gasteiger partial charge in [0.1, 0.15) is 5.82 Å². The molecule has 0 aromatic carbocycles. The highest BCUT2D eigenvalue weighted by Crippen LogP contribution is 2.48. The summed E-state index contributed by atoms with van der Waals surface area (Å²) in [5.41, 5.74) is 0.941. The summed E-state index contributed by atoms with van der Waals surface area (Å²) in [5.74, 6) is 2.54. The normalized spacial score (nSPS) is 30.5. The number of nitrogens with zero attached hydrogens (tertiary/aromatic N) is 1. The molecule has 3 nitrogen and oxygen atoms in total. The van der Waals surface area contributed by atoms with E-state index in [4.69, 9.17) is 0 Å². The third-order valence-electron chi connectivity index (χ3n) is 4.21. The molecule has 1 heterocycles. The van der Waals surface area contributed by atoms with E-state index in [1.165, 1.54) is 19.3 Å². The van der Waals surface area contributed by atoms with E-state index in [0.29, 0.717) is 11.7 Å². The molecule has 0 unspecified atom stereocenters. The first-order chi connectivity index (χ1) is 8.22. The van der Waals surface area contributed by atoms with Gasteiger partial charge in [-0.05, 0) is 50.2 Å². The molecule has 2 aliphatic carbocycles. The zero-order chi connectivity index (χ0) is 11.8. The molecular formula is C14H18N2O. The second-order valence-electron chi connectivity index (χ2n) is 5.43. The Morgan fingerprint density at radius 1 is 1.35 bits per heavy atom. The summed E-state index contributed by atoms with van der Waals surface area (Å²) >= 11 is 0. The number of pyridine rings is 1. The summed E-state index contributed by atoms with van der Waals surface area (Å²) in [6.45, 7) is 1.94. The molecule has 17 heavy (non-hydrogen) atoms. The number of carbonyl (C=O) groups is 1. The Bertz CT molecular complexity index is 444. The van der Waals surface area contributed by atoms with Gasteiger partial charge in [0.15, 0.2) is 0 Å². The highest BCUT2D eigenvalue weighted by molar-refractivity contribution is 5.92. The zero-order valence-electron chi connectivity index (χ0n) is 10.1. The van der Waals surface area contributed by atoms with Crippen LogP contribution in [-0.2, 0) is 4.79 Å². The third kappa shape index (κ3) is 2.06. The van der Waals surface area contributed by atoms with Crippen molar-refractivity contribution in [1.29, 1.82) is 0 Å². The number of rotatable bonds is 2. The predicted molar refractivity (Wildman–Crippen MR) is 66.5 cm³/mol. The van der Waals surface area contributed by atoms with Crippen LogP contribution >= 0.6 is 0 Å². The first kappa shape index (κ1) is 10.8. The maximum atomic E-state index is 12.2. The van der Waals surface area contributed by atoms with E-state index in [1.807, 2.05) is 25.1 Å². The minimum absolute atomic E-state index is 0.176. The van der Waals surface area contributed by atoms with E-state index in [9.17, 15) is 4.79 Å². The second-order valence-corrected chi connectivity index (χ2v) is 5.43. The van der Waals surface area contributed by atoms with E-state index in [-0.39, 0.29) is 11.8 Å². The van der Waals surface area contributed by atoms with Crippen LogP contribution < -0.4 is 5.32 Å². The smallest absolute Gasteiger partial charge is 0.228 e. The standard InChI is InChI=1S/C14H18N2O/c1-9-3-2-4-13(15-9)16-14(17)12-8-10-5-6-11(12)7-10/h2-4,10-12H,5-8H2,1H3,(H,15,16,17)/t10-,11-,12-/m0/s1. The maximum absolute atomic E-state index is 12.2. The van der Waals surface area contributed by atoms with E-state index >= 15 is 0 Å². The van der Waals surface area contributed by atoms with Crippen molar-refractivity contribution in [1.82, 2.24) is 4.98 Å². The fraction of sp³-hybridized carbons (Fsp3) is 0.571. The maximum Gasteiger partial charge on any atom is 0.228 e. The predicted octanol–water partition coefficient (Wildman–Crippen LogP) is 2.76. The van der Waals surface area contributed by atoms with Gasteiger partial charge < -0.3 is 5.32 Å². The van der Waals surface area contributed by atoms with Gasteiger partial charge in [-0.1, -0.05) is 12.5 Å². The van der Waals surface area contributed by atoms with Crippen LogP contribution in [0.2, 0.25) is 0 Å². The second kappa shape index (κ2) is 4.13. The molecule has 1 N–H and O–H groups in total. The third-order valence-corrected chi connectivity index (χ3v) is 4.21. The van der Waals surface area contributed by atoms with Crippen LogP contribution in [0.5, 0.6) is 0 Å². The summed E-state index contributed by atoms with van der Waals surface area (Å²) in [6.07, 6.45) is 4.92. The first-order valence-electron chi connectivity index (χ1n) is 6.47. The molecule has 2 bridgehead atoms. The molecule has 0 radical (unpaired) electrons. The Balaban J connectivity index is 1.68. The molecule has 1 aromatic heterocycles. The molecule has 2 aliphatic rings. The lowest BCUT2D eigenvalue weighted by Gasteiger charge is -2.20. The van der Waals surface area contributed by atoms with Gasteiger partial charge in [0.25, 0.3) is 0 Å². The Hall–Kier alpha value is -1.38. The first-order valence-corrected chi connectivity index (χ1v) is 6.47. The molecule has 0 saturated heterocycles. The molecule has 0 aliphatic heterocycles. The summed E-state index contributed by atoms with van der Waals surface area (Å²) in [7, 11) is 0. The number of aryl methyl sites for hydroxylation is 1.